The lowest BCUT2D eigenvalue weighted by Gasteiger charge is -2.29. The molecule has 0 unspecified atom stereocenters. The van der Waals surface area contributed by atoms with Crippen molar-refractivity contribution in [3.63, 3.8) is 0 Å². The molecule has 7 heteroatoms. The number of rotatable bonds is 7. The maximum absolute atomic E-state index is 12.5. The summed E-state index contributed by atoms with van der Waals surface area (Å²) in [6.07, 6.45) is 0. The first-order valence-corrected chi connectivity index (χ1v) is 11.7. The molecule has 0 amide bonds. The molecule has 0 saturated heterocycles. The third-order valence-corrected chi connectivity index (χ3v) is 6.93. The zero-order valence-electron chi connectivity index (χ0n) is 17.5. The molecule has 1 heterocycles. The standard InChI is InChI=1S/C24H25N3O3S/c1-3-25-31(29,30)20-15-16-21-22(17-20)27(4-2)23(26-21)24(28,18-11-7-5-8-12-18)19-13-9-6-10-14-19/h5-17,25,28H,3-4H2,1-2H3. The van der Waals surface area contributed by atoms with Gasteiger partial charge < -0.3 is 9.67 Å². The smallest absolute Gasteiger partial charge is 0.240 e. The second kappa shape index (κ2) is 8.26. The van der Waals surface area contributed by atoms with E-state index in [0.717, 1.165) is 0 Å². The van der Waals surface area contributed by atoms with Crippen LogP contribution in [0.3, 0.4) is 0 Å². The summed E-state index contributed by atoms with van der Waals surface area (Å²) >= 11 is 0. The quantitative estimate of drug-likeness (QED) is 0.464. The number of aryl methyl sites for hydroxylation is 1. The molecule has 0 aliphatic rings. The van der Waals surface area contributed by atoms with Gasteiger partial charge in [0, 0.05) is 13.1 Å². The van der Waals surface area contributed by atoms with Crippen LogP contribution in [0.15, 0.2) is 83.8 Å². The van der Waals surface area contributed by atoms with Gasteiger partial charge in [-0.3, -0.25) is 0 Å². The van der Waals surface area contributed by atoms with Crippen LogP contribution in [-0.2, 0) is 22.2 Å². The fourth-order valence-electron chi connectivity index (χ4n) is 3.92. The largest absolute Gasteiger partial charge is 0.373 e. The first kappa shape index (κ1) is 21.2. The van der Waals surface area contributed by atoms with E-state index < -0.39 is 15.6 Å². The number of aromatic nitrogens is 2. The normalized spacial score (nSPS) is 12.4. The molecule has 0 radical (unpaired) electrons. The van der Waals surface area contributed by atoms with Crippen molar-refractivity contribution in [3.8, 4) is 0 Å². The van der Waals surface area contributed by atoms with E-state index in [9.17, 15) is 13.5 Å². The number of imidazole rings is 1. The molecule has 31 heavy (non-hydrogen) atoms. The van der Waals surface area contributed by atoms with E-state index in [0.29, 0.717) is 41.1 Å². The van der Waals surface area contributed by atoms with Gasteiger partial charge in [-0.15, -0.1) is 0 Å². The highest BCUT2D eigenvalue weighted by Gasteiger charge is 2.38. The zero-order chi connectivity index (χ0) is 22.1. The predicted molar refractivity (Wildman–Crippen MR) is 121 cm³/mol. The minimum absolute atomic E-state index is 0.172. The number of hydrogen-bond acceptors (Lipinski definition) is 4. The molecule has 0 aliphatic heterocycles. The number of sulfonamides is 1. The van der Waals surface area contributed by atoms with Crippen LogP contribution < -0.4 is 4.72 Å². The van der Waals surface area contributed by atoms with Crippen molar-refractivity contribution in [3.05, 3.63) is 95.8 Å². The van der Waals surface area contributed by atoms with Gasteiger partial charge in [0.1, 0.15) is 0 Å². The number of hydrogen-bond donors (Lipinski definition) is 2. The van der Waals surface area contributed by atoms with E-state index in [1.165, 1.54) is 0 Å². The van der Waals surface area contributed by atoms with E-state index in [1.54, 1.807) is 25.1 Å². The van der Waals surface area contributed by atoms with Gasteiger partial charge in [0.25, 0.3) is 0 Å². The summed E-state index contributed by atoms with van der Waals surface area (Å²) in [7, 11) is -3.61. The summed E-state index contributed by atoms with van der Waals surface area (Å²) in [5, 5.41) is 12.1. The fraction of sp³-hybridized carbons (Fsp3) is 0.208. The second-order valence-corrected chi connectivity index (χ2v) is 9.04. The van der Waals surface area contributed by atoms with Crippen LogP contribution in [0.25, 0.3) is 11.0 Å². The highest BCUT2D eigenvalue weighted by molar-refractivity contribution is 7.89. The van der Waals surface area contributed by atoms with Crippen molar-refractivity contribution < 1.29 is 13.5 Å². The van der Waals surface area contributed by atoms with E-state index in [4.69, 9.17) is 4.98 Å². The highest BCUT2D eigenvalue weighted by Crippen LogP contribution is 2.37. The second-order valence-electron chi connectivity index (χ2n) is 7.27. The molecule has 0 spiro atoms. The van der Waals surface area contributed by atoms with Gasteiger partial charge in [-0.2, -0.15) is 0 Å². The molecule has 0 saturated carbocycles. The summed E-state index contributed by atoms with van der Waals surface area (Å²) < 4.78 is 29.5. The van der Waals surface area contributed by atoms with Crippen LogP contribution in [0.2, 0.25) is 0 Å². The Labute approximate surface area is 182 Å². The third kappa shape index (κ3) is 3.65. The van der Waals surface area contributed by atoms with Crippen molar-refractivity contribution in [2.24, 2.45) is 0 Å². The number of nitrogens with zero attached hydrogens (tertiary/aromatic N) is 2. The molecule has 0 bridgehead atoms. The molecule has 0 aliphatic carbocycles. The fourth-order valence-corrected chi connectivity index (χ4v) is 4.98. The van der Waals surface area contributed by atoms with Gasteiger partial charge in [0.05, 0.1) is 15.9 Å². The van der Waals surface area contributed by atoms with Crippen LogP contribution >= 0.6 is 0 Å². The van der Waals surface area contributed by atoms with Crippen LogP contribution in [-0.4, -0.2) is 29.6 Å². The lowest BCUT2D eigenvalue weighted by Crippen LogP contribution is -2.32. The van der Waals surface area contributed by atoms with E-state index >= 15 is 0 Å². The first-order chi connectivity index (χ1) is 14.9. The van der Waals surface area contributed by atoms with Crippen molar-refractivity contribution in [2.45, 2.75) is 30.9 Å². The molecular weight excluding hydrogens is 410 g/mol. The molecular formula is C24H25N3O3S. The Hall–Kier alpha value is -3.00. The van der Waals surface area contributed by atoms with E-state index in [1.807, 2.05) is 72.2 Å². The van der Waals surface area contributed by atoms with Crippen LogP contribution in [0, 0.1) is 0 Å². The number of nitrogens with one attached hydrogen (secondary N) is 1. The Morgan fingerprint density at radius 1 is 0.935 bits per heavy atom. The molecule has 4 rings (SSSR count). The Morgan fingerprint density at radius 2 is 1.52 bits per heavy atom. The Kier molecular flexibility index (Phi) is 5.66. The monoisotopic (exact) mass is 435 g/mol. The molecule has 160 valence electrons. The molecule has 1 aromatic heterocycles. The Morgan fingerprint density at radius 3 is 2.03 bits per heavy atom. The Bertz CT molecular complexity index is 1260. The van der Waals surface area contributed by atoms with Crippen molar-refractivity contribution in [1.29, 1.82) is 0 Å². The molecule has 2 N–H and O–H groups in total. The zero-order valence-corrected chi connectivity index (χ0v) is 18.3. The van der Waals surface area contributed by atoms with Crippen molar-refractivity contribution in [2.75, 3.05) is 6.54 Å². The van der Waals surface area contributed by atoms with Gasteiger partial charge in [0.2, 0.25) is 10.0 Å². The minimum atomic E-state index is -3.61. The van der Waals surface area contributed by atoms with E-state index in [2.05, 4.69) is 4.72 Å². The van der Waals surface area contributed by atoms with Gasteiger partial charge >= 0.3 is 0 Å². The summed E-state index contributed by atoms with van der Waals surface area (Å²) in [6, 6.07) is 23.6. The van der Waals surface area contributed by atoms with Gasteiger partial charge in [0.15, 0.2) is 11.4 Å². The topological polar surface area (TPSA) is 84.2 Å². The predicted octanol–water partition coefficient (Wildman–Crippen LogP) is 3.64. The maximum Gasteiger partial charge on any atom is 0.240 e. The lowest BCUT2D eigenvalue weighted by atomic mass is 9.85. The summed E-state index contributed by atoms with van der Waals surface area (Å²) in [5.41, 5.74) is 1.15. The molecule has 4 aromatic rings. The number of fused-ring (bicyclic) bond motifs is 1. The first-order valence-electron chi connectivity index (χ1n) is 10.3. The number of aliphatic hydroxyl groups is 1. The molecule has 0 fully saturated rings. The van der Waals surface area contributed by atoms with Crippen molar-refractivity contribution in [1.82, 2.24) is 14.3 Å². The lowest BCUT2D eigenvalue weighted by molar-refractivity contribution is 0.112. The molecule has 3 aromatic carbocycles. The van der Waals surface area contributed by atoms with Crippen LogP contribution in [0.5, 0.6) is 0 Å². The average molecular weight is 436 g/mol. The van der Waals surface area contributed by atoms with E-state index in [-0.39, 0.29) is 4.90 Å². The maximum atomic E-state index is 12.5. The van der Waals surface area contributed by atoms with Gasteiger partial charge in [-0.05, 0) is 36.2 Å². The third-order valence-electron chi connectivity index (χ3n) is 5.39. The van der Waals surface area contributed by atoms with Gasteiger partial charge in [-0.25, -0.2) is 18.1 Å². The summed E-state index contributed by atoms with van der Waals surface area (Å²) in [5.74, 6) is 0.445. The average Bonchev–Trinajstić information content (AvgIpc) is 3.18. The minimum Gasteiger partial charge on any atom is -0.373 e. The molecule has 6 nitrogen and oxygen atoms in total. The van der Waals surface area contributed by atoms with Crippen LogP contribution in [0.4, 0.5) is 0 Å². The summed E-state index contributed by atoms with van der Waals surface area (Å²) in [6.45, 7) is 4.51. The highest BCUT2D eigenvalue weighted by atomic mass is 32.2. The van der Waals surface area contributed by atoms with Crippen LogP contribution in [0.1, 0.15) is 30.8 Å². The Balaban J connectivity index is 2.00. The summed E-state index contributed by atoms with van der Waals surface area (Å²) in [4.78, 5) is 4.95. The SMILES string of the molecule is CCNS(=O)(=O)c1ccc2nc(C(O)(c3ccccc3)c3ccccc3)n(CC)c2c1. The van der Waals surface area contributed by atoms with Gasteiger partial charge in [-0.1, -0.05) is 67.6 Å². The number of benzene rings is 3. The van der Waals surface area contributed by atoms with Crippen molar-refractivity contribution >= 4 is 21.1 Å². The molecule has 0 atom stereocenters.